The monoisotopic (exact) mass is 293 g/mol. The summed E-state index contributed by atoms with van der Waals surface area (Å²) in [4.78, 5) is 25.6. The number of aliphatic carboxylic acids is 1. The van der Waals surface area contributed by atoms with Crippen molar-refractivity contribution in [1.82, 2.24) is 4.90 Å². The van der Waals surface area contributed by atoms with Crippen molar-refractivity contribution < 1.29 is 19.1 Å². The number of carbonyl (C=O) groups excluding carboxylic acids is 1. The molecule has 116 valence electrons. The molecule has 5 heteroatoms. The van der Waals surface area contributed by atoms with E-state index in [-0.39, 0.29) is 12.3 Å². The first kappa shape index (κ1) is 15.6. The standard InChI is InChI=1S/C16H23NO4/c1-3-13-12(7-10-21-13)15(20)17(2)16(11-14(18)19)8-5-4-6-9-16/h7,10H,3-6,8-9,11H2,1-2H3,(H,18,19). The Morgan fingerprint density at radius 3 is 2.57 bits per heavy atom. The van der Waals surface area contributed by atoms with Crippen molar-refractivity contribution in [3.63, 3.8) is 0 Å². The number of hydrogen-bond donors (Lipinski definition) is 1. The number of carbonyl (C=O) groups is 2. The lowest BCUT2D eigenvalue weighted by atomic mass is 9.78. The van der Waals surface area contributed by atoms with E-state index in [1.165, 1.54) is 6.26 Å². The van der Waals surface area contributed by atoms with Gasteiger partial charge in [-0.3, -0.25) is 9.59 Å². The first-order valence-electron chi connectivity index (χ1n) is 7.56. The van der Waals surface area contributed by atoms with Crippen LogP contribution in [0.4, 0.5) is 0 Å². The third kappa shape index (κ3) is 3.12. The molecule has 0 spiro atoms. The van der Waals surface area contributed by atoms with Crippen molar-refractivity contribution in [1.29, 1.82) is 0 Å². The summed E-state index contributed by atoms with van der Waals surface area (Å²) in [6.45, 7) is 1.93. The Bertz CT molecular complexity index is 514. The van der Waals surface area contributed by atoms with Gasteiger partial charge in [0.2, 0.25) is 0 Å². The van der Waals surface area contributed by atoms with Crippen molar-refractivity contribution in [2.24, 2.45) is 0 Å². The molecular weight excluding hydrogens is 270 g/mol. The topological polar surface area (TPSA) is 70.8 Å². The van der Waals surface area contributed by atoms with Crippen molar-refractivity contribution in [2.45, 2.75) is 57.4 Å². The van der Waals surface area contributed by atoms with Crippen LogP contribution in [0.1, 0.15) is 61.6 Å². The summed E-state index contributed by atoms with van der Waals surface area (Å²) < 4.78 is 5.32. The van der Waals surface area contributed by atoms with E-state index in [9.17, 15) is 14.7 Å². The minimum absolute atomic E-state index is 0.00848. The van der Waals surface area contributed by atoms with Crippen LogP contribution in [0.5, 0.6) is 0 Å². The van der Waals surface area contributed by atoms with E-state index in [4.69, 9.17) is 4.42 Å². The fourth-order valence-corrected chi connectivity index (χ4v) is 3.32. The van der Waals surface area contributed by atoms with E-state index in [0.717, 1.165) is 32.1 Å². The molecule has 1 heterocycles. The second-order valence-electron chi connectivity index (χ2n) is 5.83. The van der Waals surface area contributed by atoms with Crippen LogP contribution in [0.25, 0.3) is 0 Å². The van der Waals surface area contributed by atoms with Crippen LogP contribution >= 0.6 is 0 Å². The summed E-state index contributed by atoms with van der Waals surface area (Å²) in [7, 11) is 1.73. The van der Waals surface area contributed by atoms with Gasteiger partial charge in [-0.1, -0.05) is 26.2 Å². The highest BCUT2D eigenvalue weighted by Gasteiger charge is 2.41. The zero-order valence-corrected chi connectivity index (χ0v) is 12.7. The summed E-state index contributed by atoms with van der Waals surface area (Å²) in [5.74, 6) is -0.323. The Morgan fingerprint density at radius 1 is 1.33 bits per heavy atom. The first-order valence-corrected chi connectivity index (χ1v) is 7.56. The molecule has 0 bridgehead atoms. The van der Waals surface area contributed by atoms with Gasteiger partial charge in [0.1, 0.15) is 5.76 Å². The number of rotatable bonds is 5. The number of nitrogens with zero attached hydrogens (tertiary/aromatic N) is 1. The summed E-state index contributed by atoms with van der Waals surface area (Å²) in [6.07, 6.45) is 6.72. The molecule has 5 nitrogen and oxygen atoms in total. The Kier molecular flexibility index (Phi) is 4.70. The average molecular weight is 293 g/mol. The Labute approximate surface area is 124 Å². The number of amides is 1. The highest BCUT2D eigenvalue weighted by Crippen LogP contribution is 2.37. The highest BCUT2D eigenvalue weighted by molar-refractivity contribution is 5.95. The molecule has 1 fully saturated rings. The maximum absolute atomic E-state index is 12.7. The summed E-state index contributed by atoms with van der Waals surface area (Å²) >= 11 is 0. The molecule has 0 aliphatic heterocycles. The van der Waals surface area contributed by atoms with Gasteiger partial charge in [-0.25, -0.2) is 0 Å². The molecule has 0 unspecified atom stereocenters. The normalized spacial score (nSPS) is 17.4. The van der Waals surface area contributed by atoms with Crippen LogP contribution in [0.15, 0.2) is 16.7 Å². The third-order valence-electron chi connectivity index (χ3n) is 4.58. The molecule has 1 aromatic rings. The molecule has 1 aliphatic rings. The Hall–Kier alpha value is -1.78. The lowest BCUT2D eigenvalue weighted by Gasteiger charge is -2.43. The Balaban J connectivity index is 2.27. The van der Waals surface area contributed by atoms with Gasteiger partial charge in [0.05, 0.1) is 23.8 Å². The van der Waals surface area contributed by atoms with Gasteiger partial charge in [-0.15, -0.1) is 0 Å². The maximum Gasteiger partial charge on any atom is 0.305 e. The van der Waals surface area contributed by atoms with Crippen LogP contribution in [0.2, 0.25) is 0 Å². The fourth-order valence-electron chi connectivity index (χ4n) is 3.32. The highest BCUT2D eigenvalue weighted by atomic mass is 16.4. The molecule has 1 aromatic heterocycles. The van der Waals surface area contributed by atoms with Crippen molar-refractivity contribution in [2.75, 3.05) is 7.05 Å². The number of hydrogen-bond acceptors (Lipinski definition) is 3. The van der Waals surface area contributed by atoms with Crippen LogP contribution in [0.3, 0.4) is 0 Å². The molecular formula is C16H23NO4. The molecule has 1 amide bonds. The van der Waals surface area contributed by atoms with Gasteiger partial charge >= 0.3 is 5.97 Å². The zero-order chi connectivity index (χ0) is 15.5. The van der Waals surface area contributed by atoms with E-state index >= 15 is 0 Å². The summed E-state index contributed by atoms with van der Waals surface area (Å²) in [5, 5.41) is 9.24. The smallest absolute Gasteiger partial charge is 0.305 e. The van der Waals surface area contributed by atoms with E-state index < -0.39 is 11.5 Å². The predicted octanol–water partition coefficient (Wildman–Crippen LogP) is 3.09. The van der Waals surface area contributed by atoms with Crippen molar-refractivity contribution in [3.05, 3.63) is 23.7 Å². The number of carboxylic acids is 1. The molecule has 0 aromatic carbocycles. The van der Waals surface area contributed by atoms with Gasteiger partial charge in [0, 0.05) is 13.5 Å². The molecule has 0 radical (unpaired) electrons. The lowest BCUT2D eigenvalue weighted by Crippen LogP contribution is -2.52. The van der Waals surface area contributed by atoms with E-state index in [0.29, 0.717) is 17.7 Å². The van der Waals surface area contributed by atoms with Crippen molar-refractivity contribution >= 4 is 11.9 Å². The first-order chi connectivity index (χ1) is 10.00. The van der Waals surface area contributed by atoms with E-state index in [2.05, 4.69) is 0 Å². The summed E-state index contributed by atoms with van der Waals surface area (Å²) in [5.41, 5.74) is -0.0148. The van der Waals surface area contributed by atoms with Crippen LogP contribution in [-0.2, 0) is 11.2 Å². The number of furan rings is 1. The van der Waals surface area contributed by atoms with E-state index in [1.54, 1.807) is 18.0 Å². The van der Waals surface area contributed by atoms with Crippen molar-refractivity contribution in [3.8, 4) is 0 Å². The molecule has 1 aliphatic carbocycles. The second kappa shape index (κ2) is 6.33. The van der Waals surface area contributed by atoms with Gasteiger partial charge < -0.3 is 14.4 Å². The predicted molar refractivity (Wildman–Crippen MR) is 78.2 cm³/mol. The van der Waals surface area contributed by atoms with Gasteiger partial charge in [-0.05, 0) is 18.9 Å². The molecule has 1 N–H and O–H groups in total. The molecule has 0 atom stereocenters. The van der Waals surface area contributed by atoms with Crippen LogP contribution < -0.4 is 0 Å². The fraction of sp³-hybridized carbons (Fsp3) is 0.625. The second-order valence-corrected chi connectivity index (χ2v) is 5.83. The number of carboxylic acid groups (broad SMARTS) is 1. The van der Waals surface area contributed by atoms with Crippen LogP contribution in [0, 0.1) is 0 Å². The van der Waals surface area contributed by atoms with Gasteiger partial charge in [0.15, 0.2) is 0 Å². The largest absolute Gasteiger partial charge is 0.481 e. The SMILES string of the molecule is CCc1occc1C(=O)N(C)C1(CC(=O)O)CCCCC1. The third-order valence-corrected chi connectivity index (χ3v) is 4.58. The number of aryl methyl sites for hydroxylation is 1. The Morgan fingerprint density at radius 2 is 2.00 bits per heavy atom. The quantitative estimate of drug-likeness (QED) is 0.905. The minimum Gasteiger partial charge on any atom is -0.481 e. The van der Waals surface area contributed by atoms with Gasteiger partial charge in [-0.2, -0.15) is 0 Å². The zero-order valence-electron chi connectivity index (χ0n) is 12.7. The molecule has 1 saturated carbocycles. The lowest BCUT2D eigenvalue weighted by molar-refractivity contribution is -0.140. The van der Waals surface area contributed by atoms with E-state index in [1.807, 2.05) is 6.92 Å². The summed E-state index contributed by atoms with van der Waals surface area (Å²) in [6, 6.07) is 1.68. The molecule has 21 heavy (non-hydrogen) atoms. The van der Waals surface area contributed by atoms with Crippen LogP contribution in [-0.4, -0.2) is 34.5 Å². The average Bonchev–Trinajstić information content (AvgIpc) is 2.94. The maximum atomic E-state index is 12.7. The minimum atomic E-state index is -0.848. The molecule has 2 rings (SSSR count). The molecule has 0 saturated heterocycles. The van der Waals surface area contributed by atoms with Gasteiger partial charge in [0.25, 0.3) is 5.91 Å².